The Labute approximate surface area is 178 Å². The first kappa shape index (κ1) is 21.8. The number of hydrogen-bond donors (Lipinski definition) is 2. The number of sulfonamides is 1. The molecule has 0 unspecified atom stereocenters. The number of amides is 1. The Kier molecular flexibility index (Phi) is 6.22. The third-order valence-corrected chi connectivity index (χ3v) is 6.05. The summed E-state index contributed by atoms with van der Waals surface area (Å²) in [6.45, 7) is 1.24. The maximum atomic E-state index is 12.5. The van der Waals surface area contributed by atoms with E-state index in [1.807, 2.05) is 6.07 Å². The first-order valence-corrected chi connectivity index (χ1v) is 10.7. The molecule has 1 fully saturated rings. The summed E-state index contributed by atoms with van der Waals surface area (Å²) in [5.41, 5.74) is -0.0220. The molecule has 1 amide bonds. The van der Waals surface area contributed by atoms with Gasteiger partial charge in [-0.2, -0.15) is 5.26 Å². The lowest BCUT2D eigenvalue weighted by molar-refractivity contribution is -0.386. The van der Waals surface area contributed by atoms with Gasteiger partial charge in [0.15, 0.2) is 5.75 Å². The van der Waals surface area contributed by atoms with Crippen molar-refractivity contribution in [3.8, 4) is 11.8 Å². The molecule has 3 rings (SSSR count). The average Bonchev–Trinajstić information content (AvgIpc) is 3.27. The second-order valence-corrected chi connectivity index (χ2v) is 8.49. The number of nitro benzene ring substituents is 1. The Balaban J connectivity index is 1.78. The fourth-order valence-corrected chi connectivity index (χ4v) is 4.16. The third kappa shape index (κ3) is 4.99. The number of carbonyl (C=O) groups excluding carboxylic acids is 1. The Morgan fingerprint density at radius 3 is 2.42 bits per heavy atom. The molecule has 11 heteroatoms. The van der Waals surface area contributed by atoms with Crippen molar-refractivity contribution in [2.45, 2.75) is 17.7 Å². The summed E-state index contributed by atoms with van der Waals surface area (Å²) < 4.78 is 27.3. The van der Waals surface area contributed by atoms with E-state index in [9.17, 15) is 33.7 Å². The summed E-state index contributed by atoms with van der Waals surface area (Å²) in [5.74, 6) is -0.976. The van der Waals surface area contributed by atoms with Crippen LogP contribution in [0.3, 0.4) is 0 Å². The van der Waals surface area contributed by atoms with Gasteiger partial charge in [-0.3, -0.25) is 19.6 Å². The number of benzene rings is 2. The van der Waals surface area contributed by atoms with Crippen LogP contribution in [0.2, 0.25) is 0 Å². The third-order valence-electron chi connectivity index (χ3n) is 4.67. The first-order chi connectivity index (χ1) is 14.7. The molecule has 10 nitrogen and oxygen atoms in total. The molecule has 0 spiro atoms. The van der Waals surface area contributed by atoms with Crippen molar-refractivity contribution in [2.24, 2.45) is 0 Å². The zero-order valence-electron chi connectivity index (χ0n) is 16.2. The lowest BCUT2D eigenvalue weighted by Crippen LogP contribution is -2.28. The minimum absolute atomic E-state index is 0.00775. The molecule has 31 heavy (non-hydrogen) atoms. The number of hydrogen-bond acceptors (Lipinski definition) is 7. The van der Waals surface area contributed by atoms with Crippen LogP contribution in [-0.4, -0.2) is 42.3 Å². The highest BCUT2D eigenvalue weighted by Crippen LogP contribution is 2.29. The minimum Gasteiger partial charge on any atom is -0.502 e. The van der Waals surface area contributed by atoms with Crippen molar-refractivity contribution < 1.29 is 23.2 Å². The van der Waals surface area contributed by atoms with Crippen molar-refractivity contribution >= 4 is 33.4 Å². The average molecular weight is 442 g/mol. The number of nitriles is 1. The van der Waals surface area contributed by atoms with Gasteiger partial charge in [0.25, 0.3) is 15.9 Å². The Morgan fingerprint density at radius 2 is 1.84 bits per heavy atom. The molecule has 0 saturated carbocycles. The van der Waals surface area contributed by atoms with Gasteiger partial charge < -0.3 is 10.0 Å². The SMILES string of the molecule is N#CC(=Cc1ccc(NS(=O)(=O)c2ccc(O)c([N+](=O)[O-])c2)cc1)C(=O)N1CCCC1. The van der Waals surface area contributed by atoms with E-state index in [0.29, 0.717) is 18.7 Å². The van der Waals surface area contributed by atoms with E-state index in [1.165, 1.54) is 30.3 Å². The normalized spacial score (nSPS) is 14.2. The molecule has 1 aliphatic rings. The molecule has 0 radical (unpaired) electrons. The van der Waals surface area contributed by atoms with Crippen LogP contribution >= 0.6 is 0 Å². The van der Waals surface area contributed by atoms with Gasteiger partial charge in [-0.05, 0) is 48.7 Å². The van der Waals surface area contributed by atoms with Crippen LogP contribution in [0.5, 0.6) is 5.75 Å². The quantitative estimate of drug-likeness (QED) is 0.302. The van der Waals surface area contributed by atoms with Crippen molar-refractivity contribution in [3.63, 3.8) is 0 Å². The molecule has 1 aliphatic heterocycles. The van der Waals surface area contributed by atoms with Gasteiger partial charge in [-0.25, -0.2) is 8.42 Å². The molecule has 0 atom stereocenters. The van der Waals surface area contributed by atoms with Gasteiger partial charge >= 0.3 is 5.69 Å². The summed E-state index contributed by atoms with van der Waals surface area (Å²) in [6.07, 6.45) is 3.25. The van der Waals surface area contributed by atoms with Crippen molar-refractivity contribution in [3.05, 3.63) is 63.7 Å². The van der Waals surface area contributed by atoms with E-state index in [0.717, 1.165) is 31.0 Å². The smallest absolute Gasteiger partial charge is 0.312 e. The monoisotopic (exact) mass is 442 g/mol. The molecule has 0 aromatic heterocycles. The van der Waals surface area contributed by atoms with Crippen LogP contribution in [0.1, 0.15) is 18.4 Å². The molecular weight excluding hydrogens is 424 g/mol. The summed E-state index contributed by atoms with van der Waals surface area (Å²) >= 11 is 0. The number of nitrogens with one attached hydrogen (secondary N) is 1. The summed E-state index contributed by atoms with van der Waals surface area (Å²) in [7, 11) is -4.15. The molecule has 2 aromatic rings. The molecule has 1 heterocycles. The Bertz CT molecular complexity index is 1190. The predicted octanol–water partition coefficient (Wildman–Crippen LogP) is 2.63. The minimum atomic E-state index is -4.15. The Hall–Kier alpha value is -3.91. The standard InChI is InChI=1S/C20H18N4O6S/c21-13-15(20(26)23-9-1-2-10-23)11-14-3-5-16(6-4-14)22-31(29,30)17-7-8-19(25)18(12-17)24(27)28/h3-8,11-12,22,25H,1-2,9-10H2. The number of nitrogens with zero attached hydrogens (tertiary/aromatic N) is 3. The fourth-order valence-electron chi connectivity index (χ4n) is 3.08. The van der Waals surface area contributed by atoms with Gasteiger partial charge in [0.1, 0.15) is 11.6 Å². The molecule has 160 valence electrons. The Morgan fingerprint density at radius 1 is 1.19 bits per heavy atom. The molecule has 0 bridgehead atoms. The topological polar surface area (TPSA) is 154 Å². The number of phenolic OH excluding ortho intramolecular Hbond substituents is 1. The highest BCUT2D eigenvalue weighted by Gasteiger charge is 2.22. The summed E-state index contributed by atoms with van der Waals surface area (Å²) in [6, 6.07) is 10.6. The van der Waals surface area contributed by atoms with Crippen LogP contribution < -0.4 is 4.72 Å². The molecular formula is C20H18N4O6S. The summed E-state index contributed by atoms with van der Waals surface area (Å²) in [5, 5.41) is 29.7. The van der Waals surface area contributed by atoms with E-state index >= 15 is 0 Å². The van der Waals surface area contributed by atoms with Crippen LogP contribution in [0.4, 0.5) is 11.4 Å². The van der Waals surface area contributed by atoms with E-state index in [2.05, 4.69) is 4.72 Å². The van der Waals surface area contributed by atoms with E-state index in [4.69, 9.17) is 0 Å². The molecule has 1 saturated heterocycles. The number of anilines is 1. The number of carbonyl (C=O) groups is 1. The van der Waals surface area contributed by atoms with Gasteiger partial charge in [0.05, 0.1) is 9.82 Å². The van der Waals surface area contributed by atoms with Crippen LogP contribution in [0, 0.1) is 21.4 Å². The number of nitro groups is 1. The van der Waals surface area contributed by atoms with E-state index in [-0.39, 0.29) is 22.1 Å². The maximum Gasteiger partial charge on any atom is 0.312 e. The van der Waals surface area contributed by atoms with Crippen LogP contribution in [0.15, 0.2) is 52.9 Å². The molecule has 0 aliphatic carbocycles. The highest BCUT2D eigenvalue weighted by atomic mass is 32.2. The van der Waals surface area contributed by atoms with Gasteiger partial charge in [-0.15, -0.1) is 0 Å². The lowest BCUT2D eigenvalue weighted by atomic mass is 10.1. The van der Waals surface area contributed by atoms with Gasteiger partial charge in [0.2, 0.25) is 0 Å². The number of rotatable bonds is 6. The first-order valence-electron chi connectivity index (χ1n) is 9.22. The second-order valence-electron chi connectivity index (χ2n) is 6.80. The van der Waals surface area contributed by atoms with Crippen LogP contribution in [0.25, 0.3) is 6.08 Å². The summed E-state index contributed by atoms with van der Waals surface area (Å²) in [4.78, 5) is 23.6. The second kappa shape index (κ2) is 8.85. The van der Waals surface area contributed by atoms with E-state index < -0.39 is 26.4 Å². The molecule has 2 aromatic carbocycles. The highest BCUT2D eigenvalue weighted by molar-refractivity contribution is 7.92. The van der Waals surface area contributed by atoms with Crippen LogP contribution in [-0.2, 0) is 14.8 Å². The number of likely N-dealkylation sites (tertiary alicyclic amines) is 1. The van der Waals surface area contributed by atoms with Crippen molar-refractivity contribution in [2.75, 3.05) is 17.8 Å². The molecule has 2 N–H and O–H groups in total. The maximum absolute atomic E-state index is 12.5. The van der Waals surface area contributed by atoms with E-state index in [1.54, 1.807) is 4.90 Å². The lowest BCUT2D eigenvalue weighted by Gasteiger charge is -2.14. The van der Waals surface area contributed by atoms with Crippen molar-refractivity contribution in [1.82, 2.24) is 4.90 Å². The zero-order valence-corrected chi connectivity index (χ0v) is 17.0. The van der Waals surface area contributed by atoms with Gasteiger partial charge in [-0.1, -0.05) is 12.1 Å². The number of aromatic hydroxyl groups is 1. The zero-order chi connectivity index (χ0) is 22.6. The predicted molar refractivity (Wildman–Crippen MR) is 111 cm³/mol. The largest absolute Gasteiger partial charge is 0.502 e. The number of phenols is 1. The van der Waals surface area contributed by atoms with Crippen molar-refractivity contribution in [1.29, 1.82) is 5.26 Å². The van der Waals surface area contributed by atoms with Gasteiger partial charge in [0, 0.05) is 24.8 Å². The fraction of sp³-hybridized carbons (Fsp3) is 0.200.